The number of hydrogen-bond acceptors (Lipinski definition) is 4. The number of fused-ring (bicyclic) bond motifs is 1. The van der Waals surface area contributed by atoms with E-state index < -0.39 is 5.76 Å². The third kappa shape index (κ3) is 2.09. The van der Waals surface area contributed by atoms with Crippen LogP contribution in [0, 0.1) is 0 Å². The second kappa shape index (κ2) is 4.02. The van der Waals surface area contributed by atoms with E-state index in [4.69, 9.17) is 10.2 Å². The highest BCUT2D eigenvalue weighted by molar-refractivity contribution is 5.77. The molecule has 1 unspecified atom stereocenters. The molecule has 1 aromatic carbocycles. The molecule has 16 heavy (non-hydrogen) atoms. The number of oxazole rings is 1. The third-order valence-corrected chi connectivity index (χ3v) is 2.41. The van der Waals surface area contributed by atoms with Crippen LogP contribution >= 0.6 is 0 Å². The first-order valence-corrected chi connectivity index (χ1v) is 5.16. The van der Waals surface area contributed by atoms with E-state index in [1.807, 2.05) is 31.0 Å². The zero-order valence-electron chi connectivity index (χ0n) is 9.36. The first-order chi connectivity index (χ1) is 7.56. The van der Waals surface area contributed by atoms with Gasteiger partial charge in [0.05, 0.1) is 5.52 Å². The van der Waals surface area contributed by atoms with E-state index in [2.05, 4.69) is 4.98 Å². The average molecular weight is 221 g/mol. The van der Waals surface area contributed by atoms with Crippen LogP contribution in [0.25, 0.3) is 11.1 Å². The van der Waals surface area contributed by atoms with Gasteiger partial charge in [-0.15, -0.1) is 0 Å². The zero-order valence-corrected chi connectivity index (χ0v) is 9.36. The first-order valence-electron chi connectivity index (χ1n) is 5.16. The summed E-state index contributed by atoms with van der Waals surface area (Å²) in [5, 5.41) is 0. The summed E-state index contributed by atoms with van der Waals surface area (Å²) in [5.74, 6) is -0.429. The van der Waals surface area contributed by atoms with Crippen LogP contribution in [-0.2, 0) is 0 Å². The van der Waals surface area contributed by atoms with Crippen LogP contribution < -0.4 is 16.4 Å². The molecule has 0 fully saturated rings. The molecule has 0 saturated heterocycles. The van der Waals surface area contributed by atoms with Crippen LogP contribution in [-0.4, -0.2) is 24.6 Å². The van der Waals surface area contributed by atoms with Crippen molar-refractivity contribution in [1.82, 2.24) is 4.98 Å². The number of nitrogens with one attached hydrogen (secondary N) is 1. The van der Waals surface area contributed by atoms with E-state index >= 15 is 0 Å². The van der Waals surface area contributed by atoms with Gasteiger partial charge in [0, 0.05) is 25.3 Å². The topological polar surface area (TPSA) is 75.3 Å². The molecule has 2 rings (SSSR count). The first kappa shape index (κ1) is 10.8. The van der Waals surface area contributed by atoms with Crippen molar-refractivity contribution in [2.24, 2.45) is 5.73 Å². The summed E-state index contributed by atoms with van der Waals surface area (Å²) in [6.07, 6.45) is 0. The van der Waals surface area contributed by atoms with Gasteiger partial charge < -0.3 is 15.1 Å². The molecule has 0 bridgehead atoms. The molecule has 3 N–H and O–H groups in total. The Morgan fingerprint density at radius 1 is 1.56 bits per heavy atom. The minimum Gasteiger partial charge on any atom is -0.408 e. The standard InChI is InChI=1S/C11H15N3O2/c1-7(12)6-14(2)8-3-4-10-9(5-8)13-11(15)16-10/h3-5,7H,6,12H2,1-2H3,(H,13,15). The van der Waals surface area contributed by atoms with Crippen molar-refractivity contribution in [3.05, 3.63) is 28.7 Å². The minimum absolute atomic E-state index is 0.101. The van der Waals surface area contributed by atoms with Crippen molar-refractivity contribution in [1.29, 1.82) is 0 Å². The predicted molar refractivity (Wildman–Crippen MR) is 63.8 cm³/mol. The van der Waals surface area contributed by atoms with Gasteiger partial charge in [-0.3, -0.25) is 4.98 Å². The van der Waals surface area contributed by atoms with Crippen molar-refractivity contribution in [3.63, 3.8) is 0 Å². The molecule has 0 aliphatic rings. The van der Waals surface area contributed by atoms with Gasteiger partial charge in [-0.2, -0.15) is 0 Å². The number of H-pyrrole nitrogens is 1. The van der Waals surface area contributed by atoms with E-state index in [-0.39, 0.29) is 6.04 Å². The largest absolute Gasteiger partial charge is 0.417 e. The van der Waals surface area contributed by atoms with Crippen LogP contribution in [0.3, 0.4) is 0 Å². The van der Waals surface area contributed by atoms with Gasteiger partial charge in [-0.05, 0) is 25.1 Å². The number of aromatic amines is 1. The smallest absolute Gasteiger partial charge is 0.408 e. The summed E-state index contributed by atoms with van der Waals surface area (Å²) >= 11 is 0. The summed E-state index contributed by atoms with van der Waals surface area (Å²) in [6, 6.07) is 5.66. The Morgan fingerprint density at radius 3 is 3.00 bits per heavy atom. The van der Waals surface area contributed by atoms with Crippen LogP contribution in [0.1, 0.15) is 6.92 Å². The average Bonchev–Trinajstić information content (AvgIpc) is 2.55. The number of nitrogens with zero attached hydrogens (tertiary/aromatic N) is 1. The lowest BCUT2D eigenvalue weighted by Crippen LogP contribution is -2.32. The third-order valence-electron chi connectivity index (χ3n) is 2.41. The molecular weight excluding hydrogens is 206 g/mol. The SMILES string of the molecule is CC(N)CN(C)c1ccc2oc(=O)[nH]c2c1. The monoisotopic (exact) mass is 221 g/mol. The van der Waals surface area contributed by atoms with Gasteiger partial charge in [-0.25, -0.2) is 4.79 Å². The van der Waals surface area contributed by atoms with Gasteiger partial charge in [0.1, 0.15) is 0 Å². The molecule has 0 saturated carbocycles. The lowest BCUT2D eigenvalue weighted by Gasteiger charge is -2.21. The van der Waals surface area contributed by atoms with Gasteiger partial charge in [0.2, 0.25) is 0 Å². The zero-order chi connectivity index (χ0) is 11.7. The number of hydrogen-bond donors (Lipinski definition) is 2. The fraction of sp³-hybridized carbons (Fsp3) is 0.364. The number of anilines is 1. The fourth-order valence-corrected chi connectivity index (χ4v) is 1.71. The maximum absolute atomic E-state index is 11.0. The quantitative estimate of drug-likeness (QED) is 0.807. The van der Waals surface area contributed by atoms with Crippen LogP contribution in [0.2, 0.25) is 0 Å². The molecule has 0 amide bonds. The highest BCUT2D eigenvalue weighted by atomic mass is 16.4. The Morgan fingerprint density at radius 2 is 2.31 bits per heavy atom. The summed E-state index contributed by atoms with van der Waals surface area (Å²) in [7, 11) is 1.96. The molecule has 0 aliphatic heterocycles. The van der Waals surface area contributed by atoms with Gasteiger partial charge in [-0.1, -0.05) is 0 Å². The lowest BCUT2D eigenvalue weighted by molar-refractivity contribution is 0.555. The molecule has 0 spiro atoms. The molecule has 5 heteroatoms. The molecule has 2 aromatic rings. The van der Waals surface area contributed by atoms with Gasteiger partial charge in [0.15, 0.2) is 5.58 Å². The fourth-order valence-electron chi connectivity index (χ4n) is 1.71. The predicted octanol–water partition coefficient (Wildman–Crippen LogP) is 0.904. The van der Waals surface area contributed by atoms with E-state index in [9.17, 15) is 4.79 Å². The Balaban J connectivity index is 2.34. The maximum atomic E-state index is 11.0. The molecule has 5 nitrogen and oxygen atoms in total. The molecule has 1 aromatic heterocycles. The number of nitrogens with two attached hydrogens (primary N) is 1. The normalized spacial score (nSPS) is 12.9. The van der Waals surface area contributed by atoms with Crippen LogP contribution in [0.4, 0.5) is 5.69 Å². The number of likely N-dealkylation sites (N-methyl/N-ethyl adjacent to an activating group) is 1. The number of rotatable bonds is 3. The second-order valence-corrected chi connectivity index (χ2v) is 4.05. The van der Waals surface area contributed by atoms with E-state index in [0.29, 0.717) is 11.1 Å². The number of benzene rings is 1. The van der Waals surface area contributed by atoms with E-state index in [0.717, 1.165) is 12.2 Å². The summed E-state index contributed by atoms with van der Waals surface area (Å²) in [4.78, 5) is 15.7. The van der Waals surface area contributed by atoms with Crippen LogP contribution in [0.15, 0.2) is 27.4 Å². The Bertz CT molecular complexity index is 541. The Hall–Kier alpha value is -1.75. The second-order valence-electron chi connectivity index (χ2n) is 4.05. The lowest BCUT2D eigenvalue weighted by atomic mass is 10.2. The van der Waals surface area contributed by atoms with Crippen molar-refractivity contribution in [3.8, 4) is 0 Å². The Labute approximate surface area is 92.8 Å². The molecule has 1 heterocycles. The molecule has 86 valence electrons. The number of aromatic nitrogens is 1. The maximum Gasteiger partial charge on any atom is 0.417 e. The Kier molecular flexibility index (Phi) is 2.70. The summed E-state index contributed by atoms with van der Waals surface area (Å²) < 4.78 is 4.93. The van der Waals surface area contributed by atoms with Crippen molar-refractivity contribution < 1.29 is 4.42 Å². The van der Waals surface area contributed by atoms with Crippen molar-refractivity contribution in [2.75, 3.05) is 18.5 Å². The highest BCUT2D eigenvalue weighted by Crippen LogP contribution is 2.18. The van der Waals surface area contributed by atoms with Gasteiger partial charge in [0.25, 0.3) is 0 Å². The summed E-state index contributed by atoms with van der Waals surface area (Å²) in [6.45, 7) is 2.71. The van der Waals surface area contributed by atoms with Gasteiger partial charge >= 0.3 is 5.76 Å². The minimum atomic E-state index is -0.429. The molecule has 1 atom stereocenters. The van der Waals surface area contributed by atoms with E-state index in [1.165, 1.54) is 0 Å². The molecular formula is C11H15N3O2. The highest BCUT2D eigenvalue weighted by Gasteiger charge is 2.06. The summed E-state index contributed by atoms with van der Waals surface area (Å²) in [5.41, 5.74) is 8.01. The van der Waals surface area contributed by atoms with Crippen molar-refractivity contribution >= 4 is 16.8 Å². The molecule has 0 radical (unpaired) electrons. The van der Waals surface area contributed by atoms with E-state index in [1.54, 1.807) is 6.07 Å². The van der Waals surface area contributed by atoms with Crippen LogP contribution in [0.5, 0.6) is 0 Å². The van der Waals surface area contributed by atoms with Crippen molar-refractivity contribution in [2.45, 2.75) is 13.0 Å². The molecule has 0 aliphatic carbocycles.